The van der Waals surface area contributed by atoms with Crippen molar-refractivity contribution < 1.29 is 9.90 Å². The summed E-state index contributed by atoms with van der Waals surface area (Å²) in [6.45, 7) is 3.20. The minimum absolute atomic E-state index is 0.348. The number of nitrogen functional groups attached to an aromatic ring is 1. The van der Waals surface area contributed by atoms with Gasteiger partial charge in [0.05, 0.1) is 22.1 Å². The number of nitrogens with zero attached hydrogens (tertiary/aromatic N) is 5. The summed E-state index contributed by atoms with van der Waals surface area (Å²) in [6, 6.07) is 9.74. The number of pyridine rings is 1. The lowest BCUT2D eigenvalue weighted by molar-refractivity contribution is -0.150. The fourth-order valence-corrected chi connectivity index (χ4v) is 4.51. The van der Waals surface area contributed by atoms with E-state index >= 15 is 0 Å². The van der Waals surface area contributed by atoms with Gasteiger partial charge in [-0.2, -0.15) is 0 Å². The minimum Gasteiger partial charge on any atom is -0.481 e. The van der Waals surface area contributed by atoms with Gasteiger partial charge in [-0.25, -0.2) is 15.0 Å². The summed E-state index contributed by atoms with van der Waals surface area (Å²) in [5.74, 6) is 0.255. The van der Waals surface area contributed by atoms with E-state index in [-0.39, 0.29) is 0 Å². The van der Waals surface area contributed by atoms with Gasteiger partial charge >= 0.3 is 5.97 Å². The Labute approximate surface area is 190 Å². The van der Waals surface area contributed by atoms with Crippen molar-refractivity contribution in [3.63, 3.8) is 0 Å². The van der Waals surface area contributed by atoms with Crippen LogP contribution in [0.1, 0.15) is 26.2 Å². The third kappa shape index (κ3) is 3.75. The van der Waals surface area contributed by atoms with Crippen molar-refractivity contribution >= 4 is 28.9 Å². The van der Waals surface area contributed by atoms with E-state index < -0.39 is 11.4 Å². The van der Waals surface area contributed by atoms with Gasteiger partial charge in [0.1, 0.15) is 0 Å². The lowest BCUT2D eigenvalue weighted by Crippen LogP contribution is -2.44. The molecule has 4 aromatic rings. The normalized spacial score (nSPS) is 15.6. The summed E-state index contributed by atoms with van der Waals surface area (Å²) in [6.07, 6.45) is 7.16. The van der Waals surface area contributed by atoms with Crippen LogP contribution in [0.25, 0.3) is 33.4 Å². The van der Waals surface area contributed by atoms with Crippen LogP contribution in [0, 0.1) is 5.41 Å². The monoisotopic (exact) mass is 443 g/mol. The van der Waals surface area contributed by atoms with Crippen molar-refractivity contribution in [3.05, 3.63) is 48.9 Å². The molecule has 5 rings (SSSR count). The molecule has 0 unspecified atom stereocenters. The van der Waals surface area contributed by atoms with Crippen LogP contribution in [0.2, 0.25) is 0 Å². The standard InChI is InChI=1S/C24H25N7O2/c1-2-24(21(32)33)6-9-31(10-7-24)23-27-13-16(14-28-23)15-11-17(18-5-3-4-8-26-18)20-19(12-15)29-22(25)30-20/h3-5,8,11-14H,2,6-7,9-10H2,1H3,(H,32,33)(H3,25,29,30). The summed E-state index contributed by atoms with van der Waals surface area (Å²) in [5.41, 5.74) is 10.3. The number of nitrogens with one attached hydrogen (secondary N) is 1. The van der Waals surface area contributed by atoms with Crippen LogP contribution < -0.4 is 10.6 Å². The minimum atomic E-state index is -0.709. The first-order valence-corrected chi connectivity index (χ1v) is 11.0. The molecule has 33 heavy (non-hydrogen) atoms. The smallest absolute Gasteiger partial charge is 0.309 e. The second-order valence-corrected chi connectivity index (χ2v) is 8.45. The topological polar surface area (TPSA) is 134 Å². The van der Waals surface area contributed by atoms with Gasteiger partial charge in [-0.15, -0.1) is 0 Å². The predicted molar refractivity (Wildman–Crippen MR) is 127 cm³/mol. The molecule has 9 nitrogen and oxygen atoms in total. The highest BCUT2D eigenvalue weighted by atomic mass is 16.4. The van der Waals surface area contributed by atoms with Gasteiger partial charge in [-0.1, -0.05) is 13.0 Å². The number of H-pyrrole nitrogens is 1. The van der Waals surface area contributed by atoms with E-state index in [0.29, 0.717) is 44.2 Å². The maximum Gasteiger partial charge on any atom is 0.309 e. The first-order chi connectivity index (χ1) is 16.0. The number of hydrogen-bond acceptors (Lipinski definition) is 7. The molecule has 0 radical (unpaired) electrons. The number of carbonyl (C=O) groups is 1. The molecule has 9 heteroatoms. The van der Waals surface area contributed by atoms with Crippen LogP contribution in [0.15, 0.2) is 48.9 Å². The van der Waals surface area contributed by atoms with E-state index in [1.807, 2.05) is 37.3 Å². The number of aromatic amines is 1. The predicted octanol–water partition coefficient (Wildman–Crippen LogP) is 3.75. The van der Waals surface area contributed by atoms with E-state index in [2.05, 4.69) is 29.8 Å². The lowest BCUT2D eigenvalue weighted by atomic mass is 9.76. The Morgan fingerprint density at radius 1 is 1.15 bits per heavy atom. The molecule has 0 atom stereocenters. The first-order valence-electron chi connectivity index (χ1n) is 11.0. The molecule has 0 bridgehead atoms. The van der Waals surface area contributed by atoms with Gasteiger partial charge in [0.25, 0.3) is 0 Å². The van der Waals surface area contributed by atoms with Crippen molar-refractivity contribution in [2.45, 2.75) is 26.2 Å². The molecule has 0 saturated carbocycles. The van der Waals surface area contributed by atoms with Crippen molar-refractivity contribution in [2.75, 3.05) is 23.7 Å². The quantitative estimate of drug-likeness (QED) is 0.425. The van der Waals surface area contributed by atoms with Crippen LogP contribution in [0.3, 0.4) is 0 Å². The molecule has 168 valence electrons. The number of anilines is 2. The summed E-state index contributed by atoms with van der Waals surface area (Å²) in [5, 5.41) is 9.62. The second-order valence-electron chi connectivity index (χ2n) is 8.45. The number of hydrogen-bond donors (Lipinski definition) is 3. The number of benzene rings is 1. The Hall–Kier alpha value is -4.01. The third-order valence-corrected chi connectivity index (χ3v) is 6.65. The van der Waals surface area contributed by atoms with E-state index in [9.17, 15) is 9.90 Å². The Morgan fingerprint density at radius 3 is 2.55 bits per heavy atom. The molecule has 1 fully saturated rings. The molecular weight excluding hydrogens is 418 g/mol. The fourth-order valence-electron chi connectivity index (χ4n) is 4.51. The van der Waals surface area contributed by atoms with Crippen molar-refractivity contribution in [2.24, 2.45) is 5.41 Å². The van der Waals surface area contributed by atoms with Gasteiger partial charge in [0.15, 0.2) is 5.95 Å². The number of aromatic nitrogens is 5. The molecule has 4 N–H and O–H groups in total. The first kappa shape index (κ1) is 20.9. The fraction of sp³-hybridized carbons (Fsp3) is 0.292. The molecule has 0 spiro atoms. The highest BCUT2D eigenvalue weighted by Gasteiger charge is 2.40. The largest absolute Gasteiger partial charge is 0.481 e. The maximum absolute atomic E-state index is 11.7. The summed E-state index contributed by atoms with van der Waals surface area (Å²) in [7, 11) is 0. The average molecular weight is 444 g/mol. The van der Waals surface area contributed by atoms with Gasteiger partial charge < -0.3 is 20.7 Å². The number of fused-ring (bicyclic) bond motifs is 1. The van der Waals surface area contributed by atoms with Gasteiger partial charge in [-0.3, -0.25) is 9.78 Å². The summed E-state index contributed by atoms with van der Waals surface area (Å²) in [4.78, 5) is 34.9. The molecule has 4 heterocycles. The van der Waals surface area contributed by atoms with Crippen LogP contribution in [-0.4, -0.2) is 49.1 Å². The van der Waals surface area contributed by atoms with Crippen LogP contribution >= 0.6 is 0 Å². The molecule has 1 aliphatic rings. The van der Waals surface area contributed by atoms with Crippen molar-refractivity contribution in [3.8, 4) is 22.4 Å². The number of carboxylic acid groups (broad SMARTS) is 1. The van der Waals surface area contributed by atoms with Crippen LogP contribution in [0.5, 0.6) is 0 Å². The van der Waals surface area contributed by atoms with E-state index in [4.69, 9.17) is 5.73 Å². The number of imidazole rings is 1. The van der Waals surface area contributed by atoms with Crippen molar-refractivity contribution in [1.82, 2.24) is 24.9 Å². The van der Waals surface area contributed by atoms with Crippen LogP contribution in [0.4, 0.5) is 11.9 Å². The number of nitrogens with two attached hydrogens (primary N) is 1. The molecule has 1 aliphatic heterocycles. The number of rotatable bonds is 5. The zero-order valence-corrected chi connectivity index (χ0v) is 18.3. The van der Waals surface area contributed by atoms with E-state index in [1.54, 1.807) is 18.6 Å². The summed E-state index contributed by atoms with van der Waals surface area (Å²) >= 11 is 0. The molecule has 0 aliphatic carbocycles. The Balaban J connectivity index is 1.44. The highest BCUT2D eigenvalue weighted by molar-refractivity contribution is 5.96. The van der Waals surface area contributed by atoms with Gasteiger partial charge in [-0.05, 0) is 49.1 Å². The number of aliphatic carboxylic acids is 1. The van der Waals surface area contributed by atoms with Gasteiger partial charge in [0.2, 0.25) is 5.95 Å². The number of carboxylic acids is 1. The summed E-state index contributed by atoms with van der Waals surface area (Å²) < 4.78 is 0. The second kappa shape index (κ2) is 8.16. The van der Waals surface area contributed by atoms with E-state index in [1.165, 1.54) is 0 Å². The zero-order chi connectivity index (χ0) is 23.0. The molecule has 1 aromatic carbocycles. The lowest BCUT2D eigenvalue weighted by Gasteiger charge is -2.38. The number of piperidine rings is 1. The van der Waals surface area contributed by atoms with Crippen LogP contribution in [-0.2, 0) is 4.79 Å². The Morgan fingerprint density at radius 2 is 1.91 bits per heavy atom. The van der Waals surface area contributed by atoms with Gasteiger partial charge in [0, 0.05) is 42.8 Å². The van der Waals surface area contributed by atoms with Crippen molar-refractivity contribution in [1.29, 1.82) is 0 Å². The molecule has 3 aromatic heterocycles. The third-order valence-electron chi connectivity index (χ3n) is 6.65. The highest BCUT2D eigenvalue weighted by Crippen LogP contribution is 2.36. The Kier molecular flexibility index (Phi) is 5.16. The average Bonchev–Trinajstić information content (AvgIpc) is 3.24. The molecule has 0 amide bonds. The molecule has 1 saturated heterocycles. The SMILES string of the molecule is CCC1(C(=O)O)CCN(c2ncc(-c3cc(-c4ccccn4)c4nc(N)[nH]c4c3)cn2)CC1. The Bertz CT molecular complexity index is 1290. The zero-order valence-electron chi connectivity index (χ0n) is 18.3. The maximum atomic E-state index is 11.7. The molecular formula is C24H25N7O2. The van der Waals surface area contributed by atoms with E-state index in [0.717, 1.165) is 33.4 Å².